The highest BCUT2D eigenvalue weighted by molar-refractivity contribution is 5.40. The Bertz CT molecular complexity index is 443. The van der Waals surface area contributed by atoms with E-state index in [1.54, 1.807) is 0 Å². The molecule has 0 radical (unpaired) electrons. The molecule has 2 rings (SSSR count). The number of phenols is 2. The van der Waals surface area contributed by atoms with Crippen LogP contribution in [0.15, 0.2) is 18.2 Å². The highest BCUT2D eigenvalue weighted by Gasteiger charge is 2.44. The second-order valence-corrected chi connectivity index (χ2v) is 4.50. The van der Waals surface area contributed by atoms with Gasteiger partial charge in [0.2, 0.25) is 6.29 Å². The first-order valence-electron chi connectivity index (χ1n) is 5.92. The summed E-state index contributed by atoms with van der Waals surface area (Å²) in [5.41, 5.74) is 0. The summed E-state index contributed by atoms with van der Waals surface area (Å²) in [6.45, 7) is -0.573. The zero-order valence-corrected chi connectivity index (χ0v) is 10.3. The second-order valence-electron chi connectivity index (χ2n) is 4.50. The smallest absolute Gasteiger partial charge is 0.229 e. The molecule has 1 aliphatic heterocycles. The third-order valence-corrected chi connectivity index (χ3v) is 2.98. The zero-order chi connectivity index (χ0) is 14.9. The first kappa shape index (κ1) is 14.8. The van der Waals surface area contributed by atoms with E-state index in [9.17, 15) is 25.5 Å². The summed E-state index contributed by atoms with van der Waals surface area (Å²) in [5.74, 6) is -0.527. The molecular formula is C12H16O8. The van der Waals surface area contributed by atoms with E-state index in [2.05, 4.69) is 0 Å². The van der Waals surface area contributed by atoms with Crippen molar-refractivity contribution in [3.8, 4) is 17.2 Å². The summed E-state index contributed by atoms with van der Waals surface area (Å²) in [5, 5.41) is 56.6. The molecule has 1 aromatic carbocycles. The van der Waals surface area contributed by atoms with Crippen LogP contribution in [0.4, 0.5) is 0 Å². The number of aliphatic hydroxyl groups excluding tert-OH is 4. The molecule has 1 aliphatic rings. The minimum atomic E-state index is -1.56. The Balaban J connectivity index is 2.15. The van der Waals surface area contributed by atoms with Crippen molar-refractivity contribution in [3.63, 3.8) is 0 Å². The molecule has 0 aromatic heterocycles. The average molecular weight is 288 g/mol. The quantitative estimate of drug-likeness (QED) is 0.386. The maximum atomic E-state index is 9.75. The van der Waals surface area contributed by atoms with Crippen LogP contribution in [0.25, 0.3) is 0 Å². The van der Waals surface area contributed by atoms with Gasteiger partial charge in [0.25, 0.3) is 0 Å². The van der Waals surface area contributed by atoms with Crippen LogP contribution in [0.1, 0.15) is 0 Å². The number of hydrogen-bond donors (Lipinski definition) is 6. The molecule has 20 heavy (non-hydrogen) atoms. The van der Waals surface area contributed by atoms with Crippen molar-refractivity contribution < 1.29 is 40.1 Å². The van der Waals surface area contributed by atoms with E-state index in [1.807, 2.05) is 0 Å². The first-order chi connectivity index (χ1) is 9.42. The van der Waals surface area contributed by atoms with Gasteiger partial charge in [0.1, 0.15) is 41.7 Å². The second kappa shape index (κ2) is 5.81. The molecule has 0 unspecified atom stereocenters. The number of aliphatic hydroxyl groups is 4. The van der Waals surface area contributed by atoms with E-state index in [0.29, 0.717) is 0 Å². The van der Waals surface area contributed by atoms with Crippen molar-refractivity contribution in [1.29, 1.82) is 0 Å². The Morgan fingerprint density at radius 2 is 1.55 bits per heavy atom. The van der Waals surface area contributed by atoms with Gasteiger partial charge in [-0.05, 0) is 0 Å². The molecule has 0 amide bonds. The molecule has 1 aromatic rings. The largest absolute Gasteiger partial charge is 0.508 e. The van der Waals surface area contributed by atoms with Gasteiger partial charge >= 0.3 is 0 Å². The summed E-state index contributed by atoms with van der Waals surface area (Å²) in [4.78, 5) is 0. The lowest BCUT2D eigenvalue weighted by Crippen LogP contribution is -2.60. The van der Waals surface area contributed by atoms with Gasteiger partial charge in [-0.2, -0.15) is 0 Å². The standard InChI is InChI=1S/C12H16O8/c13-4-8-9(16)10(17)11(18)12(20-8)19-7-2-5(14)1-6(15)3-7/h1-3,8-18H,4H2/t8-,9-,10-,11-,12-/m1/s1. The minimum absolute atomic E-state index is 0.00757. The normalized spacial score (nSPS) is 33.9. The summed E-state index contributed by atoms with van der Waals surface area (Å²) in [6.07, 6.45) is -7.06. The van der Waals surface area contributed by atoms with Crippen LogP contribution in [-0.4, -0.2) is 68.0 Å². The fourth-order valence-electron chi connectivity index (χ4n) is 1.93. The monoisotopic (exact) mass is 288 g/mol. The molecule has 5 atom stereocenters. The number of hydrogen-bond acceptors (Lipinski definition) is 8. The van der Waals surface area contributed by atoms with Gasteiger partial charge in [0, 0.05) is 18.2 Å². The van der Waals surface area contributed by atoms with Gasteiger partial charge in [-0.1, -0.05) is 0 Å². The van der Waals surface area contributed by atoms with E-state index in [1.165, 1.54) is 12.1 Å². The molecule has 0 spiro atoms. The van der Waals surface area contributed by atoms with Crippen LogP contribution >= 0.6 is 0 Å². The maximum absolute atomic E-state index is 9.75. The predicted molar refractivity (Wildman–Crippen MR) is 64.2 cm³/mol. The van der Waals surface area contributed by atoms with Crippen LogP contribution in [0.2, 0.25) is 0 Å². The number of ether oxygens (including phenoxy) is 2. The Labute approximate surface area is 114 Å². The molecule has 1 saturated heterocycles. The van der Waals surface area contributed by atoms with Crippen molar-refractivity contribution in [1.82, 2.24) is 0 Å². The molecule has 0 aliphatic carbocycles. The van der Waals surface area contributed by atoms with E-state index in [-0.39, 0.29) is 17.2 Å². The molecule has 8 heteroatoms. The van der Waals surface area contributed by atoms with E-state index >= 15 is 0 Å². The van der Waals surface area contributed by atoms with Gasteiger partial charge in [-0.3, -0.25) is 0 Å². The van der Waals surface area contributed by atoms with E-state index in [4.69, 9.17) is 14.6 Å². The van der Waals surface area contributed by atoms with Crippen LogP contribution in [0, 0.1) is 0 Å². The SMILES string of the molecule is OC[C@H]1O[C@@H](Oc2cc(O)cc(O)c2)[C@H](O)[C@H](O)[C@@H]1O. The lowest BCUT2D eigenvalue weighted by atomic mass is 9.99. The van der Waals surface area contributed by atoms with E-state index < -0.39 is 37.3 Å². The maximum Gasteiger partial charge on any atom is 0.229 e. The Morgan fingerprint density at radius 1 is 0.950 bits per heavy atom. The van der Waals surface area contributed by atoms with Crippen molar-refractivity contribution in [2.24, 2.45) is 0 Å². The highest BCUT2D eigenvalue weighted by Crippen LogP contribution is 2.29. The average Bonchev–Trinajstić information content (AvgIpc) is 2.38. The zero-order valence-electron chi connectivity index (χ0n) is 10.3. The van der Waals surface area contributed by atoms with E-state index in [0.717, 1.165) is 6.07 Å². The fourth-order valence-corrected chi connectivity index (χ4v) is 1.93. The summed E-state index contributed by atoms with van der Waals surface area (Å²) in [6, 6.07) is 3.42. The first-order valence-corrected chi connectivity index (χ1v) is 5.92. The minimum Gasteiger partial charge on any atom is -0.508 e. The highest BCUT2D eigenvalue weighted by atomic mass is 16.7. The molecule has 0 bridgehead atoms. The molecular weight excluding hydrogens is 272 g/mol. The van der Waals surface area contributed by atoms with Crippen molar-refractivity contribution in [3.05, 3.63) is 18.2 Å². The Kier molecular flexibility index (Phi) is 4.31. The van der Waals surface area contributed by atoms with Gasteiger partial charge in [-0.15, -0.1) is 0 Å². The molecule has 112 valence electrons. The van der Waals surface area contributed by atoms with Crippen LogP contribution < -0.4 is 4.74 Å². The predicted octanol–water partition coefficient (Wildman–Crippen LogP) is -1.72. The van der Waals surface area contributed by atoms with Crippen molar-refractivity contribution in [2.75, 3.05) is 6.61 Å². The summed E-state index contributed by atoms with van der Waals surface area (Å²) >= 11 is 0. The fraction of sp³-hybridized carbons (Fsp3) is 0.500. The number of rotatable bonds is 3. The van der Waals surface area contributed by atoms with Crippen LogP contribution in [0.3, 0.4) is 0 Å². The third-order valence-electron chi connectivity index (χ3n) is 2.98. The topological polar surface area (TPSA) is 140 Å². The Morgan fingerprint density at radius 3 is 2.10 bits per heavy atom. The molecule has 8 nitrogen and oxygen atoms in total. The summed E-state index contributed by atoms with van der Waals surface area (Å²) in [7, 11) is 0. The van der Waals surface area contributed by atoms with Crippen molar-refractivity contribution >= 4 is 0 Å². The molecule has 0 saturated carbocycles. The van der Waals surface area contributed by atoms with Gasteiger partial charge in [0.05, 0.1) is 6.61 Å². The number of phenolic OH excluding ortho intramolecular Hbond substituents is 2. The van der Waals surface area contributed by atoms with Crippen LogP contribution in [0.5, 0.6) is 17.2 Å². The lowest BCUT2D eigenvalue weighted by molar-refractivity contribution is -0.277. The van der Waals surface area contributed by atoms with Crippen molar-refractivity contribution in [2.45, 2.75) is 30.7 Å². The van der Waals surface area contributed by atoms with Gasteiger partial charge in [0.15, 0.2) is 0 Å². The molecule has 6 N–H and O–H groups in total. The number of benzene rings is 1. The van der Waals surface area contributed by atoms with Gasteiger partial charge in [-0.25, -0.2) is 0 Å². The number of aromatic hydroxyl groups is 2. The Hall–Kier alpha value is -1.58. The van der Waals surface area contributed by atoms with Crippen LogP contribution in [-0.2, 0) is 4.74 Å². The van der Waals surface area contributed by atoms with Gasteiger partial charge < -0.3 is 40.1 Å². The lowest BCUT2D eigenvalue weighted by Gasteiger charge is -2.39. The summed E-state index contributed by atoms with van der Waals surface area (Å²) < 4.78 is 10.3. The molecule has 1 heterocycles. The third kappa shape index (κ3) is 2.94. The molecule has 1 fully saturated rings.